The standard InChI is InChI=1S/C22H23ClFN7O/c1-30(2)21(32)16-15(25)4-3-13(19(16)24)14-10-26-20-17(18(14)23)22(11-27-20)6-5-12(9-22)31-8-7-28-29-31/h3-4,7-8,10,12H,5-6,9,11,25H2,1-2H3,(H,26,27)/t12-,22+/m0/s1. The Hall–Kier alpha value is -3.20. The van der Waals surface area contributed by atoms with Gasteiger partial charge in [0, 0.05) is 60.8 Å². The number of hydrogen-bond acceptors (Lipinski definition) is 6. The van der Waals surface area contributed by atoms with E-state index in [9.17, 15) is 4.79 Å². The van der Waals surface area contributed by atoms with E-state index in [1.807, 2.05) is 10.9 Å². The number of fused-ring (bicyclic) bond motifs is 2. The minimum Gasteiger partial charge on any atom is -0.398 e. The molecular formula is C22H23ClFN7O. The molecule has 1 saturated carbocycles. The van der Waals surface area contributed by atoms with E-state index in [-0.39, 0.29) is 28.3 Å². The highest BCUT2D eigenvalue weighted by atomic mass is 35.5. The van der Waals surface area contributed by atoms with Crippen molar-refractivity contribution >= 4 is 29.0 Å². The average Bonchev–Trinajstić information content (AvgIpc) is 3.50. The molecule has 32 heavy (non-hydrogen) atoms. The van der Waals surface area contributed by atoms with Crippen molar-refractivity contribution in [3.63, 3.8) is 0 Å². The maximum atomic E-state index is 15.5. The zero-order chi connectivity index (χ0) is 22.6. The van der Waals surface area contributed by atoms with Gasteiger partial charge in [0.2, 0.25) is 0 Å². The highest BCUT2D eigenvalue weighted by Crippen LogP contribution is 2.54. The molecule has 166 valence electrons. The Balaban J connectivity index is 1.60. The number of nitrogens with one attached hydrogen (secondary N) is 1. The molecule has 0 radical (unpaired) electrons. The van der Waals surface area contributed by atoms with Crippen molar-refractivity contribution in [1.29, 1.82) is 0 Å². The van der Waals surface area contributed by atoms with Gasteiger partial charge in [0.1, 0.15) is 11.6 Å². The van der Waals surface area contributed by atoms with Gasteiger partial charge in [0.15, 0.2) is 0 Å². The van der Waals surface area contributed by atoms with Gasteiger partial charge in [-0.2, -0.15) is 0 Å². The summed E-state index contributed by atoms with van der Waals surface area (Å²) in [6.45, 7) is 0.707. The van der Waals surface area contributed by atoms with Crippen molar-refractivity contribution in [1.82, 2.24) is 24.9 Å². The number of nitrogen functional groups attached to an aromatic ring is 1. The van der Waals surface area contributed by atoms with E-state index in [2.05, 4.69) is 20.6 Å². The van der Waals surface area contributed by atoms with E-state index in [4.69, 9.17) is 17.3 Å². The Morgan fingerprint density at radius 3 is 2.91 bits per heavy atom. The van der Waals surface area contributed by atoms with E-state index >= 15 is 4.39 Å². The second kappa shape index (κ2) is 7.44. The minimum absolute atomic E-state index is 0.0831. The summed E-state index contributed by atoms with van der Waals surface area (Å²) in [6, 6.07) is 3.29. The molecule has 1 amide bonds. The summed E-state index contributed by atoms with van der Waals surface area (Å²) in [5, 5.41) is 11.9. The second-order valence-electron chi connectivity index (χ2n) is 8.71. The van der Waals surface area contributed by atoms with Crippen molar-refractivity contribution in [3.8, 4) is 11.1 Å². The van der Waals surface area contributed by atoms with Crippen LogP contribution in [-0.2, 0) is 5.41 Å². The van der Waals surface area contributed by atoms with Gasteiger partial charge < -0.3 is 16.0 Å². The van der Waals surface area contributed by atoms with Crippen molar-refractivity contribution in [3.05, 3.63) is 52.7 Å². The molecule has 0 saturated heterocycles. The maximum Gasteiger partial charge on any atom is 0.258 e. The molecule has 2 aromatic heterocycles. The molecule has 0 bridgehead atoms. The van der Waals surface area contributed by atoms with Gasteiger partial charge >= 0.3 is 0 Å². The molecular weight excluding hydrogens is 433 g/mol. The smallest absolute Gasteiger partial charge is 0.258 e. The monoisotopic (exact) mass is 455 g/mol. The summed E-state index contributed by atoms with van der Waals surface area (Å²) in [6.07, 6.45) is 7.76. The first-order valence-corrected chi connectivity index (χ1v) is 10.8. The lowest BCUT2D eigenvalue weighted by atomic mass is 9.80. The van der Waals surface area contributed by atoms with Gasteiger partial charge in [-0.25, -0.2) is 14.1 Å². The molecule has 1 aliphatic carbocycles. The fraction of sp³-hybridized carbons (Fsp3) is 0.364. The number of anilines is 2. The highest BCUT2D eigenvalue weighted by molar-refractivity contribution is 6.34. The Morgan fingerprint density at radius 1 is 1.38 bits per heavy atom. The first-order chi connectivity index (χ1) is 15.3. The molecule has 8 nitrogen and oxygen atoms in total. The third kappa shape index (κ3) is 3.02. The van der Waals surface area contributed by atoms with Crippen LogP contribution in [0.1, 0.15) is 41.2 Å². The lowest BCUT2D eigenvalue weighted by Crippen LogP contribution is -2.26. The predicted molar refractivity (Wildman–Crippen MR) is 120 cm³/mol. The van der Waals surface area contributed by atoms with E-state index < -0.39 is 11.7 Å². The second-order valence-corrected chi connectivity index (χ2v) is 9.09. The number of nitrogens with two attached hydrogens (primary N) is 1. The number of hydrogen-bond donors (Lipinski definition) is 2. The SMILES string of the molecule is CN(C)C(=O)c1c(N)ccc(-c2cnc3c(c2Cl)[C@@]2(CC[C@H](n4ccnn4)C2)CN3)c1F. The van der Waals surface area contributed by atoms with E-state index in [0.29, 0.717) is 17.1 Å². The normalized spacial score (nSPS) is 21.6. The fourth-order valence-electron chi connectivity index (χ4n) is 5.00. The lowest BCUT2D eigenvalue weighted by Gasteiger charge is -2.25. The number of amides is 1. The van der Waals surface area contributed by atoms with Crippen LogP contribution in [0.3, 0.4) is 0 Å². The molecule has 1 aliphatic heterocycles. The molecule has 0 unspecified atom stereocenters. The third-order valence-corrected chi connectivity index (χ3v) is 7.01. The van der Waals surface area contributed by atoms with Gasteiger partial charge in [0.25, 0.3) is 5.91 Å². The molecule has 2 atom stereocenters. The zero-order valence-corrected chi connectivity index (χ0v) is 18.5. The van der Waals surface area contributed by atoms with Crippen LogP contribution < -0.4 is 11.1 Å². The van der Waals surface area contributed by atoms with Crippen LogP contribution in [0, 0.1) is 5.82 Å². The fourth-order valence-corrected chi connectivity index (χ4v) is 5.44. The molecule has 3 aromatic rings. The molecule has 1 aromatic carbocycles. The summed E-state index contributed by atoms with van der Waals surface area (Å²) in [7, 11) is 3.11. The van der Waals surface area contributed by atoms with Crippen LogP contribution in [0.2, 0.25) is 5.02 Å². The van der Waals surface area contributed by atoms with Crippen molar-refractivity contribution in [2.75, 3.05) is 31.7 Å². The molecule has 3 heterocycles. The number of pyridine rings is 1. The first-order valence-electron chi connectivity index (χ1n) is 10.4. The number of benzene rings is 1. The van der Waals surface area contributed by atoms with Crippen molar-refractivity contribution in [2.45, 2.75) is 30.7 Å². The lowest BCUT2D eigenvalue weighted by molar-refractivity contribution is 0.0824. The average molecular weight is 456 g/mol. The molecule has 1 fully saturated rings. The van der Waals surface area contributed by atoms with E-state index in [0.717, 1.165) is 30.6 Å². The topological polar surface area (TPSA) is 102 Å². The third-order valence-electron chi connectivity index (χ3n) is 6.62. The molecule has 2 aliphatic rings. The number of aromatic nitrogens is 4. The number of carbonyl (C=O) groups excluding carboxylic acids is 1. The number of rotatable bonds is 3. The van der Waals surface area contributed by atoms with Gasteiger partial charge in [-0.1, -0.05) is 16.8 Å². The molecule has 1 spiro atoms. The summed E-state index contributed by atoms with van der Waals surface area (Å²) in [4.78, 5) is 18.4. The van der Waals surface area contributed by atoms with E-state index in [1.54, 1.807) is 32.6 Å². The Labute approximate surface area is 189 Å². The maximum absolute atomic E-state index is 15.5. The van der Waals surface area contributed by atoms with Crippen LogP contribution in [0.25, 0.3) is 11.1 Å². The summed E-state index contributed by atoms with van der Waals surface area (Å²) in [5.41, 5.74) is 7.18. The van der Waals surface area contributed by atoms with Gasteiger partial charge in [-0.15, -0.1) is 5.10 Å². The van der Waals surface area contributed by atoms with Gasteiger partial charge in [-0.05, 0) is 31.4 Å². The molecule has 3 N–H and O–H groups in total. The first kappa shape index (κ1) is 20.7. The molecule has 5 rings (SSSR count). The summed E-state index contributed by atoms with van der Waals surface area (Å²) in [5.74, 6) is -0.477. The van der Waals surface area contributed by atoms with Gasteiger partial charge in [-0.3, -0.25) is 4.79 Å². The van der Waals surface area contributed by atoms with Crippen molar-refractivity contribution in [2.24, 2.45) is 0 Å². The van der Waals surface area contributed by atoms with E-state index in [1.165, 1.54) is 11.0 Å². The number of nitrogens with zero attached hydrogens (tertiary/aromatic N) is 5. The Bertz CT molecular complexity index is 1210. The summed E-state index contributed by atoms with van der Waals surface area (Å²) >= 11 is 6.93. The minimum atomic E-state index is -0.695. The summed E-state index contributed by atoms with van der Waals surface area (Å²) < 4.78 is 17.4. The van der Waals surface area contributed by atoms with Crippen molar-refractivity contribution < 1.29 is 9.18 Å². The predicted octanol–water partition coefficient (Wildman–Crippen LogP) is 3.51. The quantitative estimate of drug-likeness (QED) is 0.586. The highest BCUT2D eigenvalue weighted by Gasteiger charge is 2.48. The zero-order valence-electron chi connectivity index (χ0n) is 17.8. The number of carbonyl (C=O) groups is 1. The van der Waals surface area contributed by atoms with Crippen LogP contribution >= 0.6 is 11.6 Å². The molecule has 10 heteroatoms. The van der Waals surface area contributed by atoms with Crippen LogP contribution in [0.15, 0.2) is 30.7 Å². The van der Waals surface area contributed by atoms with Gasteiger partial charge in [0.05, 0.1) is 22.8 Å². The van der Waals surface area contributed by atoms with Crippen LogP contribution in [0.5, 0.6) is 0 Å². The Morgan fingerprint density at radius 2 is 2.19 bits per heavy atom. The Kier molecular flexibility index (Phi) is 4.81. The largest absolute Gasteiger partial charge is 0.398 e. The van der Waals surface area contributed by atoms with Crippen LogP contribution in [0.4, 0.5) is 15.9 Å². The number of halogens is 2. The van der Waals surface area contributed by atoms with Crippen LogP contribution in [-0.4, -0.2) is 51.4 Å².